The molecule has 0 bridgehead atoms. The molecule has 2 heterocycles. The third kappa shape index (κ3) is 4.60. The van der Waals surface area contributed by atoms with Crippen LogP contribution in [0.4, 0.5) is 14.5 Å². The standard InChI is InChI=1S/C25H24F2N4O2/c1-15-12-28-29-23(17(15)3)11-18-4-9-22(27)21(10-18)25(33)30-13-16(2)31(24(32)14-30)20-7-5-19(26)6-8-20/h4-10,12,16H,11,13-14H2,1-3H3/t16-/m1/s1. The first kappa shape index (κ1) is 22.5. The Morgan fingerprint density at radius 2 is 1.85 bits per heavy atom. The van der Waals surface area contributed by atoms with Gasteiger partial charge in [0.2, 0.25) is 5.91 Å². The lowest BCUT2D eigenvalue weighted by Gasteiger charge is -2.39. The number of halogens is 2. The fourth-order valence-electron chi connectivity index (χ4n) is 4.07. The van der Waals surface area contributed by atoms with Crippen molar-refractivity contribution in [2.24, 2.45) is 0 Å². The van der Waals surface area contributed by atoms with Gasteiger partial charge in [-0.2, -0.15) is 10.2 Å². The van der Waals surface area contributed by atoms with Crippen LogP contribution < -0.4 is 4.90 Å². The second-order valence-corrected chi connectivity index (χ2v) is 8.37. The summed E-state index contributed by atoms with van der Waals surface area (Å²) in [6, 6.07) is 9.68. The summed E-state index contributed by atoms with van der Waals surface area (Å²) in [4.78, 5) is 28.9. The van der Waals surface area contributed by atoms with Gasteiger partial charge in [-0.3, -0.25) is 9.59 Å². The average Bonchev–Trinajstić information content (AvgIpc) is 2.78. The summed E-state index contributed by atoms with van der Waals surface area (Å²) in [6.07, 6.45) is 2.09. The highest BCUT2D eigenvalue weighted by atomic mass is 19.1. The number of anilines is 1. The molecule has 0 spiro atoms. The Balaban J connectivity index is 1.54. The van der Waals surface area contributed by atoms with Crippen molar-refractivity contribution >= 4 is 17.5 Å². The Kier molecular flexibility index (Phi) is 6.18. The number of carbonyl (C=O) groups excluding carboxylic acids is 2. The van der Waals surface area contributed by atoms with Crippen molar-refractivity contribution in [3.05, 3.63) is 88.2 Å². The summed E-state index contributed by atoms with van der Waals surface area (Å²) in [6.45, 7) is 5.73. The van der Waals surface area contributed by atoms with Crippen molar-refractivity contribution in [3.63, 3.8) is 0 Å². The largest absolute Gasteiger partial charge is 0.327 e. The number of piperazine rings is 1. The predicted octanol–water partition coefficient (Wildman–Crippen LogP) is 3.84. The van der Waals surface area contributed by atoms with Gasteiger partial charge < -0.3 is 9.80 Å². The van der Waals surface area contributed by atoms with Gasteiger partial charge in [0.25, 0.3) is 5.91 Å². The molecule has 4 rings (SSSR count). The van der Waals surface area contributed by atoms with Gasteiger partial charge in [0.15, 0.2) is 0 Å². The quantitative estimate of drug-likeness (QED) is 0.606. The normalized spacial score (nSPS) is 16.3. The van der Waals surface area contributed by atoms with E-state index in [4.69, 9.17) is 0 Å². The minimum absolute atomic E-state index is 0.0824. The topological polar surface area (TPSA) is 66.4 Å². The van der Waals surface area contributed by atoms with Crippen LogP contribution in [-0.4, -0.2) is 46.0 Å². The molecule has 0 aliphatic carbocycles. The summed E-state index contributed by atoms with van der Waals surface area (Å²) in [7, 11) is 0. The molecule has 33 heavy (non-hydrogen) atoms. The zero-order chi connectivity index (χ0) is 23.7. The van der Waals surface area contributed by atoms with Crippen LogP contribution in [0, 0.1) is 25.5 Å². The van der Waals surface area contributed by atoms with Crippen molar-refractivity contribution < 1.29 is 18.4 Å². The molecule has 1 saturated heterocycles. The summed E-state index contributed by atoms with van der Waals surface area (Å²) in [5.74, 6) is -1.89. The fraction of sp³-hybridized carbons (Fsp3) is 0.280. The van der Waals surface area contributed by atoms with E-state index >= 15 is 0 Å². The smallest absolute Gasteiger partial charge is 0.257 e. The van der Waals surface area contributed by atoms with E-state index in [1.807, 2.05) is 13.8 Å². The van der Waals surface area contributed by atoms with Crippen LogP contribution in [0.25, 0.3) is 0 Å². The lowest BCUT2D eigenvalue weighted by atomic mass is 10.0. The average molecular weight is 450 g/mol. The molecule has 0 saturated carbocycles. The molecule has 6 nitrogen and oxygen atoms in total. The third-order valence-corrected chi connectivity index (χ3v) is 6.00. The van der Waals surface area contributed by atoms with E-state index in [9.17, 15) is 18.4 Å². The van der Waals surface area contributed by atoms with E-state index in [1.54, 1.807) is 19.2 Å². The molecular weight excluding hydrogens is 426 g/mol. The molecule has 1 aliphatic heterocycles. The minimum atomic E-state index is -0.642. The Morgan fingerprint density at radius 3 is 2.55 bits per heavy atom. The second kappa shape index (κ2) is 9.05. The van der Waals surface area contributed by atoms with Crippen LogP contribution in [0.1, 0.15) is 39.7 Å². The van der Waals surface area contributed by atoms with Crippen LogP contribution in [0.15, 0.2) is 48.7 Å². The van der Waals surface area contributed by atoms with Crippen LogP contribution in [0.3, 0.4) is 0 Å². The number of aromatic nitrogens is 2. The highest BCUT2D eigenvalue weighted by Crippen LogP contribution is 2.24. The van der Waals surface area contributed by atoms with Gasteiger partial charge in [0.05, 0.1) is 23.5 Å². The number of amides is 2. The minimum Gasteiger partial charge on any atom is -0.327 e. The zero-order valence-corrected chi connectivity index (χ0v) is 18.7. The van der Waals surface area contributed by atoms with Crippen molar-refractivity contribution in [2.75, 3.05) is 18.0 Å². The Hall–Kier alpha value is -3.68. The molecule has 0 N–H and O–H groups in total. The number of aryl methyl sites for hydroxylation is 1. The summed E-state index contributed by atoms with van der Waals surface area (Å²) in [5.41, 5.74) is 3.97. The fourth-order valence-corrected chi connectivity index (χ4v) is 4.07. The molecule has 2 amide bonds. The van der Waals surface area contributed by atoms with Gasteiger partial charge in [0, 0.05) is 18.7 Å². The van der Waals surface area contributed by atoms with E-state index in [0.717, 1.165) is 22.4 Å². The molecule has 1 fully saturated rings. The van der Waals surface area contributed by atoms with Crippen LogP contribution in [0.5, 0.6) is 0 Å². The maximum Gasteiger partial charge on any atom is 0.257 e. The van der Waals surface area contributed by atoms with Crippen molar-refractivity contribution in [2.45, 2.75) is 33.2 Å². The van der Waals surface area contributed by atoms with Crippen molar-refractivity contribution in [1.82, 2.24) is 15.1 Å². The van der Waals surface area contributed by atoms with Crippen LogP contribution >= 0.6 is 0 Å². The second-order valence-electron chi connectivity index (χ2n) is 8.37. The summed E-state index contributed by atoms with van der Waals surface area (Å²) >= 11 is 0. The van der Waals surface area contributed by atoms with Gasteiger partial charge in [-0.15, -0.1) is 0 Å². The Bertz CT molecular complexity index is 1210. The molecule has 1 aliphatic rings. The maximum absolute atomic E-state index is 14.6. The number of carbonyl (C=O) groups is 2. The van der Waals surface area contributed by atoms with E-state index < -0.39 is 17.5 Å². The predicted molar refractivity (Wildman–Crippen MR) is 120 cm³/mol. The molecule has 0 unspecified atom stereocenters. The number of nitrogens with zero attached hydrogens (tertiary/aromatic N) is 4. The molecule has 8 heteroatoms. The highest BCUT2D eigenvalue weighted by molar-refractivity contribution is 6.02. The molecule has 3 aromatic rings. The van der Waals surface area contributed by atoms with Gasteiger partial charge in [0.1, 0.15) is 18.2 Å². The molecule has 2 aromatic carbocycles. The van der Waals surface area contributed by atoms with Gasteiger partial charge in [-0.25, -0.2) is 8.78 Å². The SMILES string of the molecule is Cc1cnnc(Cc2ccc(F)c(C(=O)N3CC(=O)N(c4ccc(F)cc4)[C@H](C)C3)c2)c1C. The van der Waals surface area contributed by atoms with Gasteiger partial charge in [-0.1, -0.05) is 6.07 Å². The van der Waals surface area contributed by atoms with E-state index in [-0.39, 0.29) is 30.6 Å². The number of hydrogen-bond donors (Lipinski definition) is 0. The lowest BCUT2D eigenvalue weighted by molar-refractivity contribution is -0.121. The number of benzene rings is 2. The lowest BCUT2D eigenvalue weighted by Crippen LogP contribution is -2.57. The van der Waals surface area contributed by atoms with Gasteiger partial charge >= 0.3 is 0 Å². The first-order valence-corrected chi connectivity index (χ1v) is 10.7. The number of rotatable bonds is 4. The maximum atomic E-state index is 14.6. The van der Waals surface area contributed by atoms with Crippen molar-refractivity contribution in [3.8, 4) is 0 Å². The van der Waals surface area contributed by atoms with E-state index in [1.165, 1.54) is 46.2 Å². The first-order valence-electron chi connectivity index (χ1n) is 10.7. The van der Waals surface area contributed by atoms with Crippen LogP contribution in [0.2, 0.25) is 0 Å². The Labute approximate surface area is 190 Å². The highest BCUT2D eigenvalue weighted by Gasteiger charge is 2.34. The van der Waals surface area contributed by atoms with Gasteiger partial charge in [-0.05, 0) is 73.9 Å². The van der Waals surface area contributed by atoms with Crippen LogP contribution in [-0.2, 0) is 11.2 Å². The molecular formula is C25H24F2N4O2. The molecule has 1 atom stereocenters. The first-order chi connectivity index (χ1) is 15.7. The van der Waals surface area contributed by atoms with E-state index in [0.29, 0.717) is 12.1 Å². The molecule has 0 radical (unpaired) electrons. The monoisotopic (exact) mass is 450 g/mol. The summed E-state index contributed by atoms with van der Waals surface area (Å²) in [5, 5.41) is 8.15. The van der Waals surface area contributed by atoms with Crippen molar-refractivity contribution in [1.29, 1.82) is 0 Å². The zero-order valence-electron chi connectivity index (χ0n) is 18.7. The summed E-state index contributed by atoms with van der Waals surface area (Å²) < 4.78 is 27.9. The number of hydrogen-bond acceptors (Lipinski definition) is 4. The Morgan fingerprint density at radius 1 is 1.12 bits per heavy atom. The molecule has 170 valence electrons. The molecule has 1 aromatic heterocycles. The van der Waals surface area contributed by atoms with E-state index in [2.05, 4.69) is 10.2 Å². The third-order valence-electron chi connectivity index (χ3n) is 6.00.